The fourth-order valence-electron chi connectivity index (χ4n) is 3.80. The molecule has 1 atom stereocenters. The molecule has 0 aliphatic carbocycles. The highest BCUT2D eigenvalue weighted by Crippen LogP contribution is 2.21. The summed E-state index contributed by atoms with van der Waals surface area (Å²) in [5, 5.41) is 1.18. The number of hydrogen-bond donors (Lipinski definition) is 0. The molecule has 0 saturated carbocycles. The average molecular weight is 345 g/mol. The lowest BCUT2D eigenvalue weighted by molar-refractivity contribution is 0.217. The van der Waals surface area contributed by atoms with E-state index in [1.165, 1.54) is 102 Å². The minimum atomic E-state index is 0.891. The smallest absolute Gasteiger partial charge is 0.0223 e. The summed E-state index contributed by atoms with van der Waals surface area (Å²) in [7, 11) is 0. The molecule has 0 aromatic rings. The molecule has 0 spiro atoms. The van der Waals surface area contributed by atoms with E-state index in [0.29, 0.717) is 0 Å². The van der Waals surface area contributed by atoms with E-state index in [9.17, 15) is 0 Å². The lowest BCUT2D eigenvalue weighted by atomic mass is 10.1. The van der Waals surface area contributed by atoms with Crippen molar-refractivity contribution in [2.45, 2.75) is 70.3 Å². The molecule has 0 radical (unpaired) electrons. The van der Waals surface area contributed by atoms with Gasteiger partial charge in [-0.3, -0.25) is 4.90 Å². The molecule has 0 N–H and O–H groups in total. The fraction of sp³-hybridized carbons (Fsp3) is 1.00. The number of alkyl halides is 1. The third-order valence-electron chi connectivity index (χ3n) is 5.00. The van der Waals surface area contributed by atoms with Crippen LogP contribution in [0.4, 0.5) is 0 Å². The summed E-state index contributed by atoms with van der Waals surface area (Å²) < 4.78 is 0. The maximum absolute atomic E-state index is 3.50. The minimum absolute atomic E-state index is 0.891. The lowest BCUT2D eigenvalue weighted by Gasteiger charge is -2.25. The summed E-state index contributed by atoms with van der Waals surface area (Å²) in [6.45, 7) is 6.77. The molecule has 3 heteroatoms. The third kappa shape index (κ3) is 6.03. The summed E-state index contributed by atoms with van der Waals surface area (Å²) >= 11 is 3.50. The molecule has 0 aromatic carbocycles. The van der Waals surface area contributed by atoms with E-state index >= 15 is 0 Å². The number of hydrogen-bond acceptors (Lipinski definition) is 2. The van der Waals surface area contributed by atoms with Crippen molar-refractivity contribution in [3.05, 3.63) is 0 Å². The molecule has 0 aromatic heterocycles. The number of fused-ring (bicyclic) bond motifs is 1. The van der Waals surface area contributed by atoms with Gasteiger partial charge in [-0.25, -0.2) is 0 Å². The molecule has 118 valence electrons. The van der Waals surface area contributed by atoms with Gasteiger partial charge in [-0.2, -0.15) is 0 Å². The van der Waals surface area contributed by atoms with Crippen molar-refractivity contribution in [3.63, 3.8) is 0 Å². The van der Waals surface area contributed by atoms with Crippen LogP contribution in [0.25, 0.3) is 0 Å². The van der Waals surface area contributed by atoms with Gasteiger partial charge in [0.15, 0.2) is 0 Å². The van der Waals surface area contributed by atoms with E-state index in [1.807, 2.05) is 0 Å². The monoisotopic (exact) mass is 344 g/mol. The molecule has 2 aliphatic rings. The van der Waals surface area contributed by atoms with Crippen molar-refractivity contribution in [3.8, 4) is 0 Å². The van der Waals surface area contributed by atoms with Gasteiger partial charge in [0.25, 0.3) is 0 Å². The van der Waals surface area contributed by atoms with Crippen LogP contribution in [0.15, 0.2) is 0 Å². The molecule has 1 unspecified atom stereocenters. The van der Waals surface area contributed by atoms with E-state index in [0.717, 1.165) is 6.04 Å². The van der Waals surface area contributed by atoms with E-state index in [1.54, 1.807) is 0 Å². The maximum atomic E-state index is 3.50. The summed E-state index contributed by atoms with van der Waals surface area (Å²) in [5.74, 6) is 0. The zero-order valence-electron chi connectivity index (χ0n) is 13.2. The van der Waals surface area contributed by atoms with Gasteiger partial charge >= 0.3 is 0 Å². The Bertz CT molecular complexity index is 247. The predicted octanol–water partition coefficient (Wildman–Crippen LogP) is 4.28. The van der Waals surface area contributed by atoms with Gasteiger partial charge in [0.05, 0.1) is 0 Å². The highest BCUT2D eigenvalue weighted by atomic mass is 79.9. The Hall–Kier alpha value is 0.400. The van der Waals surface area contributed by atoms with Crippen molar-refractivity contribution in [1.82, 2.24) is 9.80 Å². The number of nitrogens with zero attached hydrogens (tertiary/aromatic N) is 2. The Kier molecular flexibility index (Phi) is 8.53. The largest absolute Gasteiger partial charge is 0.302 e. The normalized spacial score (nSPS) is 24.8. The van der Waals surface area contributed by atoms with E-state index < -0.39 is 0 Å². The number of rotatable bonds is 9. The first-order valence-electron chi connectivity index (χ1n) is 8.92. The van der Waals surface area contributed by atoms with E-state index in [2.05, 4.69) is 25.7 Å². The van der Waals surface area contributed by atoms with Crippen LogP contribution in [0, 0.1) is 0 Å². The van der Waals surface area contributed by atoms with Crippen LogP contribution in [0.3, 0.4) is 0 Å². The zero-order chi connectivity index (χ0) is 14.0. The summed E-state index contributed by atoms with van der Waals surface area (Å²) in [6.07, 6.45) is 14.2. The van der Waals surface area contributed by atoms with Crippen LogP contribution in [-0.4, -0.2) is 53.9 Å². The molecule has 20 heavy (non-hydrogen) atoms. The molecule has 2 rings (SSSR count). The quantitative estimate of drug-likeness (QED) is 0.455. The molecule has 2 nitrogen and oxygen atoms in total. The number of halogens is 1. The Morgan fingerprint density at radius 1 is 0.800 bits per heavy atom. The van der Waals surface area contributed by atoms with Crippen molar-refractivity contribution in [2.24, 2.45) is 0 Å². The fourth-order valence-corrected chi connectivity index (χ4v) is 4.20. The maximum Gasteiger partial charge on any atom is 0.0223 e. The van der Waals surface area contributed by atoms with Crippen molar-refractivity contribution in [2.75, 3.05) is 38.1 Å². The van der Waals surface area contributed by atoms with Gasteiger partial charge in [-0.15, -0.1) is 0 Å². The van der Waals surface area contributed by atoms with Gasteiger partial charge in [0.2, 0.25) is 0 Å². The second-order valence-corrected chi connectivity index (χ2v) is 7.44. The highest BCUT2D eigenvalue weighted by molar-refractivity contribution is 9.09. The molecule has 2 aliphatic heterocycles. The summed E-state index contributed by atoms with van der Waals surface area (Å²) in [4.78, 5) is 5.49. The molecule has 2 heterocycles. The summed E-state index contributed by atoms with van der Waals surface area (Å²) in [6, 6.07) is 0.891. The molecule has 0 bridgehead atoms. The number of unbranched alkanes of at least 4 members (excludes halogenated alkanes) is 6. The van der Waals surface area contributed by atoms with Gasteiger partial charge < -0.3 is 4.90 Å². The zero-order valence-corrected chi connectivity index (χ0v) is 14.7. The lowest BCUT2D eigenvalue weighted by Crippen LogP contribution is -2.36. The van der Waals surface area contributed by atoms with Crippen molar-refractivity contribution in [1.29, 1.82) is 0 Å². The standard InChI is InChI=1S/C17H33BrN2/c18-11-6-4-2-1-3-5-7-12-19-13-9-15-20-14-8-10-17(20)16-19/h17H,1-16H2. The van der Waals surface area contributed by atoms with Crippen LogP contribution >= 0.6 is 15.9 Å². The first kappa shape index (κ1) is 16.8. The van der Waals surface area contributed by atoms with Gasteiger partial charge in [-0.05, 0) is 58.3 Å². The third-order valence-corrected chi connectivity index (χ3v) is 5.56. The van der Waals surface area contributed by atoms with Crippen LogP contribution in [0.5, 0.6) is 0 Å². The molecule has 0 amide bonds. The van der Waals surface area contributed by atoms with Crippen LogP contribution in [-0.2, 0) is 0 Å². The Morgan fingerprint density at radius 3 is 2.30 bits per heavy atom. The van der Waals surface area contributed by atoms with Gasteiger partial charge in [-0.1, -0.05) is 48.0 Å². The molecule has 2 saturated heterocycles. The SMILES string of the molecule is BrCCCCCCCCCN1CCCN2CCCC2C1. The first-order valence-corrected chi connectivity index (χ1v) is 10.0. The molecular weight excluding hydrogens is 312 g/mol. The molecular formula is C17H33BrN2. The first-order chi connectivity index (χ1) is 9.90. The van der Waals surface area contributed by atoms with Gasteiger partial charge in [0, 0.05) is 17.9 Å². The Morgan fingerprint density at radius 2 is 1.50 bits per heavy atom. The second kappa shape index (κ2) is 10.2. The summed E-state index contributed by atoms with van der Waals surface area (Å²) in [5.41, 5.74) is 0. The minimum Gasteiger partial charge on any atom is -0.302 e. The topological polar surface area (TPSA) is 6.48 Å². The van der Waals surface area contributed by atoms with Crippen LogP contribution in [0.2, 0.25) is 0 Å². The van der Waals surface area contributed by atoms with E-state index in [4.69, 9.17) is 0 Å². The highest BCUT2D eigenvalue weighted by Gasteiger charge is 2.28. The average Bonchev–Trinajstić information content (AvgIpc) is 2.80. The Balaban J connectivity index is 1.48. The van der Waals surface area contributed by atoms with Crippen LogP contribution < -0.4 is 0 Å². The van der Waals surface area contributed by atoms with E-state index in [-0.39, 0.29) is 0 Å². The second-order valence-electron chi connectivity index (χ2n) is 6.65. The van der Waals surface area contributed by atoms with Crippen molar-refractivity contribution < 1.29 is 0 Å². The van der Waals surface area contributed by atoms with Crippen LogP contribution in [0.1, 0.15) is 64.2 Å². The Labute approximate surface area is 134 Å². The predicted molar refractivity (Wildman–Crippen MR) is 91.8 cm³/mol. The van der Waals surface area contributed by atoms with Gasteiger partial charge in [0.1, 0.15) is 0 Å². The molecule has 2 fully saturated rings. The van der Waals surface area contributed by atoms with Crippen molar-refractivity contribution >= 4 is 15.9 Å².